The quantitative estimate of drug-likeness (QED) is 0.598. The lowest BCUT2D eigenvalue weighted by atomic mass is 9.74. The zero-order valence-electron chi connectivity index (χ0n) is 10.2. The number of nitrogens with two attached hydrogens (primary N) is 1. The summed E-state index contributed by atoms with van der Waals surface area (Å²) >= 11 is 0. The van der Waals surface area contributed by atoms with Gasteiger partial charge in [0.15, 0.2) is 0 Å². The molecule has 86 valence electrons. The predicted octanol–water partition coefficient (Wildman–Crippen LogP) is 3.90. The van der Waals surface area contributed by atoms with Gasteiger partial charge < -0.3 is 5.73 Å². The molecule has 0 amide bonds. The molecule has 0 fully saturated rings. The van der Waals surface area contributed by atoms with Crippen molar-refractivity contribution in [3.8, 4) is 0 Å². The Kier molecular flexibility index (Phi) is 3.33. The van der Waals surface area contributed by atoms with Gasteiger partial charge in [0, 0.05) is 5.69 Å². The maximum absolute atomic E-state index is 6.00. The van der Waals surface area contributed by atoms with Crippen molar-refractivity contribution in [2.24, 2.45) is 5.92 Å². The van der Waals surface area contributed by atoms with Crippen LogP contribution in [0.3, 0.4) is 0 Å². The summed E-state index contributed by atoms with van der Waals surface area (Å²) in [5, 5.41) is 0. The number of nitrogen functional groups attached to an aromatic ring is 1. The molecule has 1 aromatic rings. The predicted molar refractivity (Wildman–Crippen MR) is 70.5 cm³/mol. The SMILES string of the molecule is CC(C)/C=C\CCC1Cc2cccc(N)c21. The topological polar surface area (TPSA) is 26.0 Å². The summed E-state index contributed by atoms with van der Waals surface area (Å²) in [5.74, 6) is 1.37. The van der Waals surface area contributed by atoms with Crippen LogP contribution in [0.4, 0.5) is 5.69 Å². The van der Waals surface area contributed by atoms with Crippen LogP contribution < -0.4 is 5.73 Å². The summed E-state index contributed by atoms with van der Waals surface area (Å²) in [5.41, 5.74) is 9.86. The number of hydrogen-bond acceptors (Lipinski definition) is 1. The second kappa shape index (κ2) is 4.73. The van der Waals surface area contributed by atoms with E-state index in [4.69, 9.17) is 5.73 Å². The van der Waals surface area contributed by atoms with Crippen LogP contribution in [0, 0.1) is 5.92 Å². The maximum Gasteiger partial charge on any atom is 0.0352 e. The molecular weight excluding hydrogens is 194 g/mol. The molecular formula is C15H21N. The van der Waals surface area contributed by atoms with E-state index in [-0.39, 0.29) is 0 Å². The van der Waals surface area contributed by atoms with Crippen molar-refractivity contribution in [3.63, 3.8) is 0 Å². The Balaban J connectivity index is 1.89. The van der Waals surface area contributed by atoms with Crippen LogP contribution >= 0.6 is 0 Å². The monoisotopic (exact) mass is 215 g/mol. The second-order valence-electron chi connectivity index (χ2n) is 5.07. The highest BCUT2D eigenvalue weighted by atomic mass is 14.6. The smallest absolute Gasteiger partial charge is 0.0352 e. The van der Waals surface area contributed by atoms with Crippen LogP contribution in [0.2, 0.25) is 0 Å². The van der Waals surface area contributed by atoms with Crippen LogP contribution in [0.5, 0.6) is 0 Å². The van der Waals surface area contributed by atoms with Crippen molar-refractivity contribution in [1.82, 2.24) is 0 Å². The van der Waals surface area contributed by atoms with Gasteiger partial charge in [-0.2, -0.15) is 0 Å². The number of anilines is 1. The second-order valence-corrected chi connectivity index (χ2v) is 5.07. The van der Waals surface area contributed by atoms with Gasteiger partial charge in [0.05, 0.1) is 0 Å². The molecule has 2 N–H and O–H groups in total. The van der Waals surface area contributed by atoms with E-state index in [2.05, 4.69) is 38.1 Å². The third-order valence-electron chi connectivity index (χ3n) is 3.31. The Hall–Kier alpha value is -1.24. The van der Waals surface area contributed by atoms with Crippen LogP contribution in [0.25, 0.3) is 0 Å². The summed E-state index contributed by atoms with van der Waals surface area (Å²) < 4.78 is 0. The molecule has 2 rings (SSSR count). The zero-order chi connectivity index (χ0) is 11.5. The summed E-state index contributed by atoms with van der Waals surface area (Å²) in [6, 6.07) is 6.28. The number of rotatable bonds is 4. The molecule has 1 aliphatic carbocycles. The first-order valence-corrected chi connectivity index (χ1v) is 6.22. The number of allylic oxidation sites excluding steroid dienone is 2. The molecule has 1 aliphatic rings. The van der Waals surface area contributed by atoms with Gasteiger partial charge in [-0.1, -0.05) is 38.1 Å². The first-order chi connectivity index (χ1) is 7.68. The van der Waals surface area contributed by atoms with Crippen LogP contribution in [0.1, 0.15) is 43.7 Å². The fourth-order valence-corrected chi connectivity index (χ4v) is 2.46. The van der Waals surface area contributed by atoms with E-state index in [1.54, 1.807) is 0 Å². The third kappa shape index (κ3) is 2.29. The van der Waals surface area contributed by atoms with Gasteiger partial charge in [0.2, 0.25) is 0 Å². The van der Waals surface area contributed by atoms with Gasteiger partial charge in [-0.3, -0.25) is 0 Å². The van der Waals surface area contributed by atoms with E-state index in [1.807, 2.05) is 6.07 Å². The Labute approximate surface area is 98.4 Å². The zero-order valence-corrected chi connectivity index (χ0v) is 10.2. The lowest BCUT2D eigenvalue weighted by molar-refractivity contribution is 0.566. The molecule has 0 saturated heterocycles. The molecule has 0 aliphatic heterocycles. The number of benzene rings is 1. The third-order valence-corrected chi connectivity index (χ3v) is 3.31. The highest BCUT2D eigenvalue weighted by Gasteiger charge is 2.26. The Morgan fingerprint density at radius 1 is 1.44 bits per heavy atom. The van der Waals surface area contributed by atoms with Crippen molar-refractivity contribution in [3.05, 3.63) is 41.5 Å². The van der Waals surface area contributed by atoms with Crippen molar-refractivity contribution >= 4 is 5.69 Å². The summed E-state index contributed by atoms with van der Waals surface area (Å²) in [6.07, 6.45) is 8.23. The Bertz CT molecular complexity index is 376. The molecule has 0 aromatic heterocycles. The standard InChI is InChI=1S/C15H21N/c1-11(2)6-3-4-7-12-10-13-8-5-9-14(16)15(12)13/h3,5-6,8-9,11-12H,4,7,10,16H2,1-2H3/b6-3-. The van der Waals surface area contributed by atoms with Gasteiger partial charge >= 0.3 is 0 Å². The Morgan fingerprint density at radius 2 is 2.25 bits per heavy atom. The molecule has 1 atom stereocenters. The van der Waals surface area contributed by atoms with E-state index >= 15 is 0 Å². The first-order valence-electron chi connectivity index (χ1n) is 6.22. The molecule has 16 heavy (non-hydrogen) atoms. The largest absolute Gasteiger partial charge is 0.398 e. The van der Waals surface area contributed by atoms with Crippen molar-refractivity contribution < 1.29 is 0 Å². The summed E-state index contributed by atoms with van der Waals surface area (Å²) in [7, 11) is 0. The van der Waals surface area contributed by atoms with Crippen molar-refractivity contribution in [2.75, 3.05) is 5.73 Å². The lowest BCUT2D eigenvalue weighted by Crippen LogP contribution is -2.18. The van der Waals surface area contributed by atoms with Gasteiger partial charge in [0.25, 0.3) is 0 Å². The van der Waals surface area contributed by atoms with E-state index in [0.717, 1.165) is 5.69 Å². The van der Waals surface area contributed by atoms with Crippen molar-refractivity contribution in [1.29, 1.82) is 0 Å². The van der Waals surface area contributed by atoms with Crippen LogP contribution in [-0.4, -0.2) is 0 Å². The van der Waals surface area contributed by atoms with Gasteiger partial charge in [-0.15, -0.1) is 0 Å². The van der Waals surface area contributed by atoms with E-state index in [1.165, 1.54) is 30.4 Å². The van der Waals surface area contributed by atoms with Gasteiger partial charge in [-0.25, -0.2) is 0 Å². The fraction of sp³-hybridized carbons (Fsp3) is 0.467. The minimum Gasteiger partial charge on any atom is -0.398 e. The lowest BCUT2D eigenvalue weighted by Gasteiger charge is -2.31. The molecule has 0 bridgehead atoms. The normalized spacial score (nSPS) is 18.8. The molecule has 1 aromatic carbocycles. The average Bonchev–Trinajstić information content (AvgIpc) is 2.18. The van der Waals surface area contributed by atoms with Gasteiger partial charge in [0.1, 0.15) is 0 Å². The molecule has 0 heterocycles. The van der Waals surface area contributed by atoms with Crippen LogP contribution in [-0.2, 0) is 6.42 Å². The molecule has 1 heteroatoms. The van der Waals surface area contributed by atoms with E-state index < -0.39 is 0 Å². The van der Waals surface area contributed by atoms with Gasteiger partial charge in [-0.05, 0) is 48.3 Å². The maximum atomic E-state index is 6.00. The molecule has 1 unspecified atom stereocenters. The summed E-state index contributed by atoms with van der Waals surface area (Å²) in [4.78, 5) is 0. The Morgan fingerprint density at radius 3 is 2.94 bits per heavy atom. The van der Waals surface area contributed by atoms with Crippen LogP contribution in [0.15, 0.2) is 30.4 Å². The number of fused-ring (bicyclic) bond motifs is 1. The molecule has 1 nitrogen and oxygen atoms in total. The van der Waals surface area contributed by atoms with E-state index in [0.29, 0.717) is 11.8 Å². The first kappa shape index (κ1) is 11.3. The highest BCUT2D eigenvalue weighted by Crippen LogP contribution is 2.41. The number of hydrogen-bond donors (Lipinski definition) is 1. The van der Waals surface area contributed by atoms with E-state index in [9.17, 15) is 0 Å². The molecule has 0 radical (unpaired) electrons. The highest BCUT2D eigenvalue weighted by molar-refractivity contribution is 5.58. The van der Waals surface area contributed by atoms with Crippen molar-refractivity contribution in [2.45, 2.75) is 39.0 Å². The minimum atomic E-state index is 0.666. The molecule has 0 saturated carbocycles. The fourth-order valence-electron chi connectivity index (χ4n) is 2.46. The average molecular weight is 215 g/mol. The molecule has 0 spiro atoms. The minimum absolute atomic E-state index is 0.666. The summed E-state index contributed by atoms with van der Waals surface area (Å²) in [6.45, 7) is 4.43.